The Kier molecular flexibility index (Phi) is 1.89. The van der Waals surface area contributed by atoms with Crippen molar-refractivity contribution >= 4 is 16.7 Å². The smallest absolute Gasteiger partial charge is 0.335 e. The quantitative estimate of drug-likeness (QED) is 0.766. The lowest BCUT2D eigenvalue weighted by Crippen LogP contribution is -1.95. The van der Waals surface area contributed by atoms with Gasteiger partial charge in [-0.05, 0) is 28.5 Å². The molecule has 0 atom stereocenters. The Morgan fingerprint density at radius 3 is 3.00 bits per heavy atom. The van der Waals surface area contributed by atoms with E-state index in [4.69, 9.17) is 9.22 Å². The maximum absolute atomic E-state index is 11.0. The average Bonchev–Trinajstić information content (AvgIpc) is 2.95. The van der Waals surface area contributed by atoms with Crippen LogP contribution in [0.2, 0.25) is 0 Å². The lowest BCUT2D eigenvalue weighted by Gasteiger charge is -2.05. The zero-order valence-corrected chi connectivity index (χ0v) is 9.87. The highest BCUT2D eigenvalue weighted by Gasteiger charge is 2.08. The van der Waals surface area contributed by atoms with E-state index >= 15 is 0 Å². The van der Waals surface area contributed by atoms with Crippen LogP contribution in [-0.4, -0.2) is 20.9 Å². The molecule has 0 fully saturated rings. The van der Waals surface area contributed by atoms with Gasteiger partial charge in [0.25, 0.3) is 0 Å². The van der Waals surface area contributed by atoms with Gasteiger partial charge in [-0.15, -0.1) is 0 Å². The topological polar surface area (TPSA) is 55.1 Å². The van der Waals surface area contributed by atoms with Crippen molar-refractivity contribution < 1.29 is 14.0 Å². The lowest BCUT2D eigenvalue weighted by molar-refractivity contribution is 0.0697. The number of aryl methyl sites for hydroxylation is 1. The number of fused-ring (bicyclic) bond motifs is 1. The molecule has 0 aliphatic rings. The molecule has 0 bridgehead atoms. The van der Waals surface area contributed by atoms with Crippen molar-refractivity contribution in [3.63, 3.8) is 0 Å². The third kappa shape index (κ3) is 1.97. The molecule has 19 heavy (non-hydrogen) atoms. The molecule has 2 aromatic carbocycles. The molecule has 94 valence electrons. The second kappa shape index (κ2) is 4.24. The van der Waals surface area contributed by atoms with E-state index in [9.17, 15) is 4.79 Å². The van der Waals surface area contributed by atoms with Gasteiger partial charge >= 0.3 is 5.97 Å². The van der Waals surface area contributed by atoms with E-state index in [0.29, 0.717) is 5.56 Å². The summed E-state index contributed by atoms with van der Waals surface area (Å²) in [6.45, 7) is -2.32. The number of hydrogen-bond acceptors (Lipinski definition) is 2. The van der Waals surface area contributed by atoms with Gasteiger partial charge < -0.3 is 5.11 Å². The Morgan fingerprint density at radius 2 is 2.26 bits per heavy atom. The number of hydrogen-bond donors (Lipinski definition) is 1. The van der Waals surface area contributed by atoms with Crippen molar-refractivity contribution in [3.05, 3.63) is 54.4 Å². The molecule has 0 aliphatic carbocycles. The normalized spacial score (nSPS) is 13.8. The van der Waals surface area contributed by atoms with Crippen LogP contribution < -0.4 is 0 Å². The Morgan fingerprint density at radius 1 is 1.37 bits per heavy atom. The summed E-state index contributed by atoms with van der Waals surface area (Å²) in [5.41, 5.74) is 1.69. The summed E-state index contributed by atoms with van der Waals surface area (Å²) < 4.78 is 23.0. The molecular formula is C15H12N2O2. The van der Waals surface area contributed by atoms with Crippen LogP contribution >= 0.6 is 0 Å². The Balaban J connectivity index is 2.15. The molecule has 3 rings (SSSR count). The molecular weight excluding hydrogens is 240 g/mol. The van der Waals surface area contributed by atoms with E-state index in [1.54, 1.807) is 18.2 Å². The van der Waals surface area contributed by atoms with Crippen LogP contribution in [0.5, 0.6) is 0 Å². The summed E-state index contributed by atoms with van der Waals surface area (Å²) in [6.07, 6.45) is 2.96. The first-order valence-corrected chi connectivity index (χ1v) is 5.68. The first-order chi connectivity index (χ1) is 10.4. The Hall–Kier alpha value is -2.62. The minimum absolute atomic E-state index is 0.211. The number of carboxylic acids is 1. The van der Waals surface area contributed by atoms with Gasteiger partial charge in [-0.2, -0.15) is 5.10 Å². The van der Waals surface area contributed by atoms with Crippen molar-refractivity contribution in [1.29, 1.82) is 0 Å². The van der Waals surface area contributed by atoms with Gasteiger partial charge in [0.1, 0.15) is 0 Å². The fraction of sp³-hybridized carbons (Fsp3) is 0.0667. The van der Waals surface area contributed by atoms with E-state index < -0.39 is 12.9 Å². The van der Waals surface area contributed by atoms with Crippen molar-refractivity contribution in [2.75, 3.05) is 0 Å². The van der Waals surface area contributed by atoms with Crippen LogP contribution in [0.1, 0.15) is 14.5 Å². The molecule has 0 spiro atoms. The fourth-order valence-corrected chi connectivity index (χ4v) is 2.13. The van der Waals surface area contributed by atoms with Crippen molar-refractivity contribution in [2.45, 2.75) is 0 Å². The van der Waals surface area contributed by atoms with Gasteiger partial charge in [0.05, 0.1) is 11.8 Å². The van der Waals surface area contributed by atoms with Crippen LogP contribution in [0.3, 0.4) is 0 Å². The third-order valence-corrected chi connectivity index (χ3v) is 3.02. The molecule has 3 aromatic rings. The highest BCUT2D eigenvalue weighted by atomic mass is 16.4. The Labute approximate surface area is 114 Å². The first kappa shape index (κ1) is 8.48. The van der Waals surface area contributed by atoms with Gasteiger partial charge in [-0.1, -0.05) is 24.3 Å². The molecule has 0 radical (unpaired) electrons. The van der Waals surface area contributed by atoms with E-state index in [1.807, 2.05) is 12.1 Å². The maximum Gasteiger partial charge on any atom is 0.335 e. The van der Waals surface area contributed by atoms with Gasteiger partial charge in [0.15, 0.2) is 0 Å². The number of aromatic carboxylic acids is 1. The maximum atomic E-state index is 11.0. The zero-order valence-electron chi connectivity index (χ0n) is 12.9. The number of aromatic nitrogens is 2. The van der Waals surface area contributed by atoms with Gasteiger partial charge in [0, 0.05) is 22.8 Å². The Bertz CT molecular complexity index is 869. The number of benzene rings is 2. The van der Waals surface area contributed by atoms with E-state index in [0.717, 1.165) is 21.0 Å². The summed E-state index contributed by atoms with van der Waals surface area (Å²) in [7, 11) is 0. The minimum atomic E-state index is -2.32. The minimum Gasteiger partial charge on any atom is -0.478 e. The summed E-state index contributed by atoms with van der Waals surface area (Å²) in [5.74, 6) is -0.984. The van der Waals surface area contributed by atoms with Gasteiger partial charge in [-0.25, -0.2) is 4.79 Å². The molecule has 0 unspecified atom stereocenters. The molecule has 0 aliphatic heterocycles. The highest BCUT2D eigenvalue weighted by molar-refractivity contribution is 6.00. The molecule has 0 saturated carbocycles. The summed E-state index contributed by atoms with van der Waals surface area (Å²) >= 11 is 0. The highest BCUT2D eigenvalue weighted by Crippen LogP contribution is 2.28. The molecule has 4 nitrogen and oxygen atoms in total. The van der Waals surface area contributed by atoms with Crippen LogP contribution in [-0.2, 0) is 6.98 Å². The van der Waals surface area contributed by atoms with Crippen molar-refractivity contribution in [1.82, 2.24) is 9.78 Å². The molecule has 1 N–H and O–H groups in total. The molecule has 0 amide bonds. The predicted octanol–water partition coefficient (Wildman–Crippen LogP) is 2.94. The fourth-order valence-electron chi connectivity index (χ4n) is 2.13. The summed E-state index contributed by atoms with van der Waals surface area (Å²) in [5, 5.41) is 14.5. The van der Waals surface area contributed by atoms with Gasteiger partial charge in [0.2, 0.25) is 0 Å². The van der Waals surface area contributed by atoms with E-state index in [1.165, 1.54) is 18.5 Å². The number of rotatable bonds is 2. The largest absolute Gasteiger partial charge is 0.478 e. The monoisotopic (exact) mass is 255 g/mol. The van der Waals surface area contributed by atoms with E-state index in [2.05, 4.69) is 5.10 Å². The first-order valence-electron chi connectivity index (χ1n) is 7.18. The second-order valence-corrected chi connectivity index (χ2v) is 4.22. The number of carbonyl (C=O) groups is 1. The van der Waals surface area contributed by atoms with Crippen LogP contribution in [0.25, 0.3) is 21.9 Å². The average molecular weight is 255 g/mol. The van der Waals surface area contributed by atoms with Crippen LogP contribution in [0.15, 0.2) is 48.8 Å². The van der Waals surface area contributed by atoms with Crippen molar-refractivity contribution in [3.8, 4) is 11.1 Å². The summed E-state index contributed by atoms with van der Waals surface area (Å²) in [6, 6.07) is 10.3. The van der Waals surface area contributed by atoms with Gasteiger partial charge in [-0.3, -0.25) is 4.68 Å². The molecule has 4 heteroatoms. The standard InChI is InChI=1S/C15H12N2O2/c1-17-9-12(8-16-17)13-4-2-3-10-7-11(15(18)19)5-6-14(10)13/h2-9H,1H3,(H,18,19)/i1D3. The van der Waals surface area contributed by atoms with Crippen molar-refractivity contribution in [2.24, 2.45) is 6.98 Å². The third-order valence-electron chi connectivity index (χ3n) is 3.02. The molecule has 1 heterocycles. The van der Waals surface area contributed by atoms with Crippen LogP contribution in [0.4, 0.5) is 0 Å². The molecule has 1 aromatic heterocycles. The summed E-state index contributed by atoms with van der Waals surface area (Å²) in [4.78, 5) is 11.0. The van der Waals surface area contributed by atoms with Crippen LogP contribution in [0, 0.1) is 0 Å². The second-order valence-electron chi connectivity index (χ2n) is 4.22. The number of carboxylic acid groups (broad SMARTS) is 1. The number of nitrogens with zero attached hydrogens (tertiary/aromatic N) is 2. The lowest BCUT2D eigenvalue weighted by atomic mass is 9.99. The zero-order chi connectivity index (χ0) is 15.9. The SMILES string of the molecule is [2H]C([2H])([2H])n1cc(-c2cccc3cc(C(=O)O)ccc23)cn1. The predicted molar refractivity (Wildman–Crippen MR) is 73.1 cm³/mol. The van der Waals surface area contributed by atoms with E-state index in [-0.39, 0.29) is 5.56 Å². The molecule has 0 saturated heterocycles.